The Labute approximate surface area is 142 Å². The maximum atomic E-state index is 11.9. The fraction of sp³-hybridized carbons (Fsp3) is 0.556. The van der Waals surface area contributed by atoms with E-state index in [-0.39, 0.29) is 0 Å². The van der Waals surface area contributed by atoms with Gasteiger partial charge in [0.25, 0.3) is 0 Å². The van der Waals surface area contributed by atoms with Crippen LogP contribution in [-0.2, 0) is 19.7 Å². The molecule has 0 unspecified atom stereocenters. The number of rotatable bonds is 3. The molecule has 1 aliphatic heterocycles. The van der Waals surface area contributed by atoms with Crippen LogP contribution in [0.15, 0.2) is 18.2 Å². The van der Waals surface area contributed by atoms with E-state index in [2.05, 4.69) is 5.32 Å². The van der Waals surface area contributed by atoms with E-state index in [1.165, 1.54) is 0 Å². The van der Waals surface area contributed by atoms with Crippen LogP contribution in [0.3, 0.4) is 0 Å². The van der Waals surface area contributed by atoms with Gasteiger partial charge in [0.2, 0.25) is 0 Å². The van der Waals surface area contributed by atoms with Crippen molar-refractivity contribution in [3.8, 4) is 0 Å². The van der Waals surface area contributed by atoms with Crippen molar-refractivity contribution in [2.24, 2.45) is 0 Å². The average Bonchev–Trinajstić information content (AvgIpc) is 2.48. The van der Waals surface area contributed by atoms with E-state index in [9.17, 15) is 14.7 Å². The van der Waals surface area contributed by atoms with Gasteiger partial charge < -0.3 is 14.6 Å². The van der Waals surface area contributed by atoms with E-state index >= 15 is 0 Å². The monoisotopic (exact) mass is 335 g/mol. The quantitative estimate of drug-likeness (QED) is 0.883. The highest BCUT2D eigenvalue weighted by atomic mass is 16.6. The van der Waals surface area contributed by atoms with Crippen LogP contribution >= 0.6 is 0 Å². The highest BCUT2D eigenvalue weighted by molar-refractivity contribution is 5.87. The molecule has 1 aromatic carbocycles. The van der Waals surface area contributed by atoms with Gasteiger partial charge in [0, 0.05) is 18.9 Å². The third kappa shape index (κ3) is 4.06. The molecule has 2 N–H and O–H groups in total. The summed E-state index contributed by atoms with van der Waals surface area (Å²) < 4.78 is 10.6. The molecule has 1 aromatic rings. The zero-order chi connectivity index (χ0) is 18.0. The van der Waals surface area contributed by atoms with Gasteiger partial charge in [0.15, 0.2) is 0 Å². The first-order valence-electron chi connectivity index (χ1n) is 8.06. The molecule has 1 saturated heterocycles. The van der Waals surface area contributed by atoms with Crippen LogP contribution in [-0.4, -0.2) is 36.0 Å². The highest BCUT2D eigenvalue weighted by Crippen LogP contribution is 2.36. The molecule has 1 fully saturated rings. The summed E-state index contributed by atoms with van der Waals surface area (Å²) in [4.78, 5) is 23.8. The Morgan fingerprint density at radius 3 is 2.38 bits per heavy atom. The Morgan fingerprint density at radius 1 is 1.25 bits per heavy atom. The Hall–Kier alpha value is -2.08. The van der Waals surface area contributed by atoms with Crippen LogP contribution in [0.1, 0.15) is 44.7 Å². The van der Waals surface area contributed by atoms with Crippen LogP contribution in [0.25, 0.3) is 0 Å². The number of amides is 1. The van der Waals surface area contributed by atoms with Crippen molar-refractivity contribution in [3.05, 3.63) is 29.3 Å². The van der Waals surface area contributed by atoms with Crippen LogP contribution in [0.4, 0.5) is 10.5 Å². The number of carbonyl (C=O) groups is 2. The lowest BCUT2D eigenvalue weighted by atomic mass is 9.74. The molecule has 132 valence electrons. The SMILES string of the molecule is Cc1cc(C2(C(=O)O)CCOCC2)ccc1NC(=O)OC(C)(C)C. The van der Waals surface area contributed by atoms with E-state index < -0.39 is 23.1 Å². The predicted molar refractivity (Wildman–Crippen MR) is 90.4 cm³/mol. The van der Waals surface area contributed by atoms with Gasteiger partial charge in [-0.15, -0.1) is 0 Å². The van der Waals surface area contributed by atoms with Gasteiger partial charge in [-0.05, 0) is 57.7 Å². The zero-order valence-corrected chi connectivity index (χ0v) is 14.6. The van der Waals surface area contributed by atoms with Crippen molar-refractivity contribution in [3.63, 3.8) is 0 Å². The maximum absolute atomic E-state index is 11.9. The topological polar surface area (TPSA) is 84.9 Å². The van der Waals surface area contributed by atoms with E-state index in [1.807, 2.05) is 13.0 Å². The minimum Gasteiger partial charge on any atom is -0.481 e. The summed E-state index contributed by atoms with van der Waals surface area (Å²) in [6.45, 7) is 8.09. The number of benzene rings is 1. The molecule has 0 spiro atoms. The number of nitrogens with one attached hydrogen (secondary N) is 1. The first-order valence-corrected chi connectivity index (χ1v) is 8.06. The molecule has 0 aromatic heterocycles. The van der Waals surface area contributed by atoms with Gasteiger partial charge in [-0.2, -0.15) is 0 Å². The second kappa shape index (κ2) is 6.81. The van der Waals surface area contributed by atoms with E-state index in [4.69, 9.17) is 9.47 Å². The van der Waals surface area contributed by atoms with Gasteiger partial charge in [0.05, 0.1) is 5.41 Å². The number of aryl methyl sites for hydroxylation is 1. The van der Waals surface area contributed by atoms with Crippen molar-refractivity contribution in [2.75, 3.05) is 18.5 Å². The minimum absolute atomic E-state index is 0.434. The van der Waals surface area contributed by atoms with Gasteiger partial charge >= 0.3 is 12.1 Å². The Morgan fingerprint density at radius 2 is 1.88 bits per heavy atom. The molecule has 1 amide bonds. The number of hydrogen-bond donors (Lipinski definition) is 2. The standard InChI is InChI=1S/C18H25NO5/c1-12-11-13(18(15(20)21)7-9-23-10-8-18)5-6-14(12)19-16(22)24-17(2,3)4/h5-6,11H,7-10H2,1-4H3,(H,19,22)(H,20,21). The van der Waals surface area contributed by atoms with Gasteiger partial charge in [-0.1, -0.05) is 12.1 Å². The first-order chi connectivity index (χ1) is 11.1. The molecule has 2 rings (SSSR count). The number of ether oxygens (including phenoxy) is 2. The van der Waals surface area contributed by atoms with Crippen LogP contribution in [0.2, 0.25) is 0 Å². The summed E-state index contributed by atoms with van der Waals surface area (Å²) in [5, 5.41) is 12.4. The van der Waals surface area contributed by atoms with Gasteiger partial charge in [-0.25, -0.2) is 4.79 Å². The van der Waals surface area contributed by atoms with Crippen molar-refractivity contribution >= 4 is 17.7 Å². The lowest BCUT2D eigenvalue weighted by Gasteiger charge is -2.34. The number of carboxylic acid groups (broad SMARTS) is 1. The molecule has 0 atom stereocenters. The lowest BCUT2D eigenvalue weighted by molar-refractivity contribution is -0.147. The fourth-order valence-electron chi connectivity index (χ4n) is 2.86. The smallest absolute Gasteiger partial charge is 0.412 e. The third-order valence-electron chi connectivity index (χ3n) is 4.17. The molecule has 1 aliphatic rings. The molecule has 1 heterocycles. The Bertz CT molecular complexity index is 627. The van der Waals surface area contributed by atoms with Crippen molar-refractivity contribution in [2.45, 2.75) is 51.6 Å². The van der Waals surface area contributed by atoms with Gasteiger partial charge in [0.1, 0.15) is 5.60 Å². The number of aliphatic carboxylic acids is 1. The molecular formula is C18H25NO5. The molecular weight excluding hydrogens is 310 g/mol. The molecule has 0 aliphatic carbocycles. The summed E-state index contributed by atoms with van der Waals surface area (Å²) in [5.41, 5.74) is 0.650. The molecule has 0 radical (unpaired) electrons. The molecule has 6 nitrogen and oxygen atoms in total. The second-order valence-electron chi connectivity index (χ2n) is 7.16. The summed E-state index contributed by atoms with van der Waals surface area (Å²) in [6, 6.07) is 5.32. The van der Waals surface area contributed by atoms with Crippen molar-refractivity contribution < 1.29 is 24.2 Å². The van der Waals surface area contributed by atoms with Gasteiger partial charge in [-0.3, -0.25) is 10.1 Å². The zero-order valence-electron chi connectivity index (χ0n) is 14.6. The predicted octanol–water partition coefficient (Wildman–Crippen LogP) is 3.47. The van der Waals surface area contributed by atoms with Crippen molar-refractivity contribution in [1.82, 2.24) is 0 Å². The molecule has 6 heteroatoms. The van der Waals surface area contributed by atoms with E-state index in [0.717, 1.165) is 11.1 Å². The average molecular weight is 335 g/mol. The van der Waals surface area contributed by atoms with Crippen LogP contribution in [0.5, 0.6) is 0 Å². The summed E-state index contributed by atoms with van der Waals surface area (Å²) in [6.07, 6.45) is 0.360. The van der Waals surface area contributed by atoms with E-state index in [1.54, 1.807) is 32.9 Å². The highest BCUT2D eigenvalue weighted by Gasteiger charge is 2.42. The second-order valence-corrected chi connectivity index (χ2v) is 7.16. The largest absolute Gasteiger partial charge is 0.481 e. The third-order valence-corrected chi connectivity index (χ3v) is 4.17. The first kappa shape index (κ1) is 18.3. The molecule has 0 bridgehead atoms. The molecule has 24 heavy (non-hydrogen) atoms. The van der Waals surface area contributed by atoms with E-state index in [0.29, 0.717) is 31.7 Å². The fourth-order valence-corrected chi connectivity index (χ4v) is 2.86. The summed E-state index contributed by atoms with van der Waals surface area (Å²) in [5.74, 6) is -0.835. The summed E-state index contributed by atoms with van der Waals surface area (Å²) >= 11 is 0. The lowest BCUT2D eigenvalue weighted by Crippen LogP contribution is -2.41. The van der Waals surface area contributed by atoms with Crippen LogP contribution in [0, 0.1) is 6.92 Å². The maximum Gasteiger partial charge on any atom is 0.412 e. The number of carboxylic acids is 1. The number of hydrogen-bond acceptors (Lipinski definition) is 4. The van der Waals surface area contributed by atoms with Crippen LogP contribution < -0.4 is 5.32 Å². The number of anilines is 1. The normalized spacial score (nSPS) is 17.2. The summed E-state index contributed by atoms with van der Waals surface area (Å²) in [7, 11) is 0. The number of carbonyl (C=O) groups excluding carboxylic acids is 1. The van der Waals surface area contributed by atoms with Crippen molar-refractivity contribution in [1.29, 1.82) is 0 Å². The Kier molecular flexibility index (Phi) is 5.18. The molecule has 0 saturated carbocycles. The Balaban J connectivity index is 2.22. The minimum atomic E-state index is -0.923.